The molecule has 0 bridgehead atoms. The number of hydrogen-bond donors (Lipinski definition) is 1. The Kier molecular flexibility index (Phi) is 6.32. The van der Waals surface area contributed by atoms with Gasteiger partial charge in [-0.3, -0.25) is 14.4 Å². The molecule has 1 saturated heterocycles. The van der Waals surface area contributed by atoms with Crippen molar-refractivity contribution in [2.45, 2.75) is 51.6 Å². The largest absolute Gasteiger partial charge is 0.366 e. The van der Waals surface area contributed by atoms with Crippen molar-refractivity contribution in [1.82, 2.24) is 9.63 Å². The van der Waals surface area contributed by atoms with E-state index in [4.69, 9.17) is 10.6 Å². The fraction of sp³-hybridized carbons (Fsp3) is 0.407. The maximum Gasteiger partial charge on any atom is 0.249 e. The van der Waals surface area contributed by atoms with Crippen LogP contribution in [0.1, 0.15) is 59.6 Å². The summed E-state index contributed by atoms with van der Waals surface area (Å²) in [7, 11) is 0. The van der Waals surface area contributed by atoms with E-state index >= 15 is 0 Å². The fourth-order valence-electron chi connectivity index (χ4n) is 5.59. The Morgan fingerprint density at radius 3 is 2.43 bits per heavy atom. The van der Waals surface area contributed by atoms with Crippen LogP contribution in [0.4, 0.5) is 8.78 Å². The summed E-state index contributed by atoms with van der Waals surface area (Å²) in [5, 5.41) is 2.44. The predicted molar refractivity (Wildman–Crippen MR) is 127 cm³/mol. The number of nitrogens with zero attached hydrogens (tertiary/aromatic N) is 2. The molecule has 184 valence electrons. The number of hydroxylamine groups is 2. The van der Waals surface area contributed by atoms with Gasteiger partial charge in [0.25, 0.3) is 0 Å². The third kappa shape index (κ3) is 4.67. The molecule has 2 aliphatic rings. The van der Waals surface area contributed by atoms with Crippen molar-refractivity contribution >= 4 is 22.7 Å². The molecule has 35 heavy (non-hydrogen) atoms. The molecule has 2 fully saturated rings. The lowest BCUT2D eigenvalue weighted by Crippen LogP contribution is -2.37. The number of nitrogens with two attached hydrogens (primary N) is 1. The van der Waals surface area contributed by atoms with Gasteiger partial charge in [-0.1, -0.05) is 6.07 Å². The van der Waals surface area contributed by atoms with Crippen molar-refractivity contribution in [3.05, 3.63) is 70.9 Å². The first-order valence-electron chi connectivity index (χ1n) is 12.1. The van der Waals surface area contributed by atoms with Gasteiger partial charge in [0, 0.05) is 47.6 Å². The van der Waals surface area contributed by atoms with Crippen LogP contribution in [0.3, 0.4) is 0 Å². The molecule has 0 spiro atoms. The molecule has 0 unspecified atom stereocenters. The monoisotopic (exact) mass is 481 g/mol. The molecular weight excluding hydrogens is 452 g/mol. The van der Waals surface area contributed by atoms with Crippen molar-refractivity contribution in [1.29, 1.82) is 0 Å². The van der Waals surface area contributed by atoms with Gasteiger partial charge in [0.2, 0.25) is 11.8 Å². The van der Waals surface area contributed by atoms with Gasteiger partial charge in [0.05, 0.1) is 12.6 Å². The number of aromatic nitrogens is 1. The van der Waals surface area contributed by atoms with E-state index in [1.54, 1.807) is 6.07 Å². The standard InChI is InChI=1S/C27H29F2N3O3/c1-16-14-31(25-12-19(26(30)33)6-7-23(16)25)15-17-2-4-18(5-3-17)27(34)32-24(8-9-35-32)20-10-21(28)13-22(29)11-20/h6-7,10-14,17-18,24H,2-5,8-9,15H2,1H3,(H2,30,33)/t17-,18-,24-/m0/s1. The minimum atomic E-state index is -0.657. The molecule has 8 heteroatoms. The molecule has 6 nitrogen and oxygen atoms in total. The van der Waals surface area contributed by atoms with Crippen LogP contribution >= 0.6 is 0 Å². The molecule has 1 saturated carbocycles. The van der Waals surface area contributed by atoms with Crippen LogP contribution in [-0.2, 0) is 16.2 Å². The molecule has 2 heterocycles. The summed E-state index contributed by atoms with van der Waals surface area (Å²) < 4.78 is 29.7. The molecule has 5 rings (SSSR count). The van der Waals surface area contributed by atoms with Crippen molar-refractivity contribution in [3.8, 4) is 0 Å². The number of carbonyl (C=O) groups is 2. The normalized spacial score (nSPS) is 22.6. The predicted octanol–water partition coefficient (Wildman–Crippen LogP) is 5.04. The first-order chi connectivity index (χ1) is 16.8. The molecule has 2 aromatic carbocycles. The fourth-order valence-corrected chi connectivity index (χ4v) is 5.59. The number of amides is 2. The lowest BCUT2D eigenvalue weighted by molar-refractivity contribution is -0.183. The third-order valence-corrected chi connectivity index (χ3v) is 7.41. The summed E-state index contributed by atoms with van der Waals surface area (Å²) in [5.41, 5.74) is 8.52. The first kappa shape index (κ1) is 23.5. The van der Waals surface area contributed by atoms with Crippen LogP contribution in [-0.4, -0.2) is 28.1 Å². The second-order valence-electron chi connectivity index (χ2n) is 9.78. The lowest BCUT2D eigenvalue weighted by Gasteiger charge is -2.32. The Labute approximate surface area is 202 Å². The molecule has 1 aromatic heterocycles. The number of carbonyl (C=O) groups excluding carboxylic acids is 2. The summed E-state index contributed by atoms with van der Waals surface area (Å²) in [4.78, 5) is 30.5. The van der Waals surface area contributed by atoms with Gasteiger partial charge in [-0.15, -0.1) is 0 Å². The minimum absolute atomic E-state index is 0.107. The number of benzene rings is 2. The Balaban J connectivity index is 1.25. The third-order valence-electron chi connectivity index (χ3n) is 7.41. The highest BCUT2D eigenvalue weighted by atomic mass is 19.1. The maximum absolute atomic E-state index is 13.7. The molecule has 2 amide bonds. The Morgan fingerprint density at radius 2 is 1.74 bits per heavy atom. The highest BCUT2D eigenvalue weighted by Gasteiger charge is 2.37. The van der Waals surface area contributed by atoms with Crippen LogP contribution in [0, 0.1) is 30.4 Å². The molecule has 1 aliphatic heterocycles. The summed E-state index contributed by atoms with van der Waals surface area (Å²) in [6.07, 6.45) is 5.86. The van der Waals surface area contributed by atoms with Crippen molar-refractivity contribution < 1.29 is 23.2 Å². The van der Waals surface area contributed by atoms with Crippen LogP contribution in [0.25, 0.3) is 10.9 Å². The van der Waals surface area contributed by atoms with E-state index in [1.807, 2.05) is 12.1 Å². The van der Waals surface area contributed by atoms with E-state index < -0.39 is 23.6 Å². The SMILES string of the molecule is Cc1cn(C[C@H]2CC[C@H](C(=O)N3OCC[C@H]3c3cc(F)cc(F)c3)CC2)c2cc(C(N)=O)ccc12. The topological polar surface area (TPSA) is 77.6 Å². The number of hydrogen-bond acceptors (Lipinski definition) is 3. The van der Waals surface area contributed by atoms with E-state index in [-0.39, 0.29) is 11.8 Å². The molecule has 2 N–H and O–H groups in total. The van der Waals surface area contributed by atoms with Gasteiger partial charge in [0.15, 0.2) is 0 Å². The lowest BCUT2D eigenvalue weighted by atomic mass is 9.81. The summed E-state index contributed by atoms with van der Waals surface area (Å²) in [6.45, 7) is 3.20. The zero-order valence-corrected chi connectivity index (χ0v) is 19.7. The Morgan fingerprint density at radius 1 is 1.03 bits per heavy atom. The number of aryl methyl sites for hydroxylation is 1. The molecule has 0 radical (unpaired) electrons. The molecule has 3 aromatic rings. The van der Waals surface area contributed by atoms with Gasteiger partial charge in [0.1, 0.15) is 11.6 Å². The number of fused-ring (bicyclic) bond motifs is 1. The highest BCUT2D eigenvalue weighted by molar-refractivity contribution is 5.97. The maximum atomic E-state index is 13.7. The molecular formula is C27H29F2N3O3. The average Bonchev–Trinajstić information content (AvgIpc) is 3.43. The van der Waals surface area contributed by atoms with E-state index in [9.17, 15) is 18.4 Å². The number of rotatable bonds is 5. The number of primary amides is 1. The number of halogens is 2. The zero-order valence-electron chi connectivity index (χ0n) is 19.7. The van der Waals surface area contributed by atoms with Crippen LogP contribution in [0.5, 0.6) is 0 Å². The highest BCUT2D eigenvalue weighted by Crippen LogP contribution is 2.37. The van der Waals surface area contributed by atoms with Crippen LogP contribution < -0.4 is 5.73 Å². The second kappa shape index (κ2) is 9.41. The van der Waals surface area contributed by atoms with E-state index in [1.165, 1.54) is 17.2 Å². The Bertz CT molecular complexity index is 1260. The van der Waals surface area contributed by atoms with Crippen molar-refractivity contribution in [3.63, 3.8) is 0 Å². The summed E-state index contributed by atoms with van der Waals surface area (Å²) in [5.74, 6) is -1.64. The minimum Gasteiger partial charge on any atom is -0.366 e. The smallest absolute Gasteiger partial charge is 0.249 e. The quantitative estimate of drug-likeness (QED) is 0.555. The van der Waals surface area contributed by atoms with E-state index in [2.05, 4.69) is 17.7 Å². The molecule has 1 atom stereocenters. The summed E-state index contributed by atoms with van der Waals surface area (Å²) in [6, 6.07) is 8.44. The van der Waals surface area contributed by atoms with Gasteiger partial charge in [-0.25, -0.2) is 13.8 Å². The van der Waals surface area contributed by atoms with Gasteiger partial charge in [-0.05, 0) is 73.9 Å². The van der Waals surface area contributed by atoms with Crippen LogP contribution in [0.15, 0.2) is 42.6 Å². The van der Waals surface area contributed by atoms with E-state index in [0.717, 1.165) is 54.8 Å². The van der Waals surface area contributed by atoms with E-state index in [0.29, 0.717) is 30.1 Å². The van der Waals surface area contributed by atoms with Gasteiger partial charge < -0.3 is 10.3 Å². The zero-order chi connectivity index (χ0) is 24.7. The summed E-state index contributed by atoms with van der Waals surface area (Å²) >= 11 is 0. The van der Waals surface area contributed by atoms with Crippen molar-refractivity contribution in [2.24, 2.45) is 17.6 Å². The van der Waals surface area contributed by atoms with Crippen molar-refractivity contribution in [2.75, 3.05) is 6.61 Å². The van der Waals surface area contributed by atoms with Gasteiger partial charge in [-0.2, -0.15) is 0 Å². The van der Waals surface area contributed by atoms with Gasteiger partial charge >= 0.3 is 0 Å². The van der Waals surface area contributed by atoms with Crippen LogP contribution in [0.2, 0.25) is 0 Å². The molecule has 1 aliphatic carbocycles. The Hall–Kier alpha value is -3.26. The average molecular weight is 482 g/mol. The first-order valence-corrected chi connectivity index (χ1v) is 12.1. The second-order valence-corrected chi connectivity index (χ2v) is 9.78.